The number of amides is 1. The van der Waals surface area contributed by atoms with E-state index in [4.69, 9.17) is 9.84 Å². The third-order valence-electron chi connectivity index (χ3n) is 3.71. The zero-order valence-corrected chi connectivity index (χ0v) is 14.1. The summed E-state index contributed by atoms with van der Waals surface area (Å²) < 4.78 is 31.4. The molecule has 0 aliphatic carbocycles. The number of anilines is 1. The lowest BCUT2D eigenvalue weighted by atomic mass is 10.1. The number of aliphatic hydroxyl groups excluding tert-OH is 1. The molecular weight excluding hydrogens is 320 g/mol. The molecule has 0 aromatic heterocycles. The van der Waals surface area contributed by atoms with Crippen LogP contribution in [-0.2, 0) is 14.8 Å². The van der Waals surface area contributed by atoms with Gasteiger partial charge in [-0.15, -0.1) is 0 Å². The molecule has 1 aliphatic rings. The molecule has 128 valence electrons. The SMILES string of the molecule is CCCC[C@@H]1Oc2ccc(S(=O)(=O)N(C)CCO)cc2NC1=O. The first-order valence-corrected chi connectivity index (χ1v) is 9.03. The molecule has 1 aromatic carbocycles. The van der Waals surface area contributed by atoms with Crippen molar-refractivity contribution in [3.8, 4) is 5.75 Å². The number of unbranched alkanes of at least 4 members (excludes halogenated alkanes) is 1. The van der Waals surface area contributed by atoms with Gasteiger partial charge in [0.1, 0.15) is 5.75 Å². The smallest absolute Gasteiger partial charge is 0.265 e. The Balaban J connectivity index is 2.25. The van der Waals surface area contributed by atoms with Gasteiger partial charge in [0.05, 0.1) is 17.2 Å². The Morgan fingerprint density at radius 1 is 1.39 bits per heavy atom. The fourth-order valence-electron chi connectivity index (χ4n) is 2.31. The van der Waals surface area contributed by atoms with Gasteiger partial charge in [-0.25, -0.2) is 8.42 Å². The molecule has 0 bridgehead atoms. The van der Waals surface area contributed by atoms with Crippen LogP contribution in [0.3, 0.4) is 0 Å². The van der Waals surface area contributed by atoms with Crippen molar-refractivity contribution in [1.82, 2.24) is 4.31 Å². The van der Waals surface area contributed by atoms with Gasteiger partial charge in [-0.1, -0.05) is 13.3 Å². The fraction of sp³-hybridized carbons (Fsp3) is 0.533. The molecule has 0 spiro atoms. The molecule has 0 unspecified atom stereocenters. The highest BCUT2D eigenvalue weighted by atomic mass is 32.2. The Hall–Kier alpha value is -1.64. The number of hydrogen-bond donors (Lipinski definition) is 2. The minimum absolute atomic E-state index is 0.00136. The molecule has 1 amide bonds. The van der Waals surface area contributed by atoms with Crippen molar-refractivity contribution in [3.63, 3.8) is 0 Å². The minimum atomic E-state index is -3.71. The molecule has 0 fully saturated rings. The van der Waals surface area contributed by atoms with Gasteiger partial charge in [0, 0.05) is 13.6 Å². The maximum absolute atomic E-state index is 12.4. The van der Waals surface area contributed by atoms with Crippen molar-refractivity contribution in [3.05, 3.63) is 18.2 Å². The van der Waals surface area contributed by atoms with Gasteiger partial charge in [-0.05, 0) is 31.0 Å². The highest BCUT2D eigenvalue weighted by Gasteiger charge is 2.29. The number of likely N-dealkylation sites (N-methyl/N-ethyl adjacent to an activating group) is 1. The topological polar surface area (TPSA) is 95.9 Å². The number of nitrogens with one attached hydrogen (secondary N) is 1. The summed E-state index contributed by atoms with van der Waals surface area (Å²) in [5, 5.41) is 11.6. The predicted octanol–water partition coefficient (Wildman–Crippen LogP) is 1.19. The van der Waals surface area contributed by atoms with Crippen LogP contribution in [0.2, 0.25) is 0 Å². The molecule has 23 heavy (non-hydrogen) atoms. The second-order valence-electron chi connectivity index (χ2n) is 5.45. The molecule has 1 aromatic rings. The van der Waals surface area contributed by atoms with Gasteiger partial charge in [-0.3, -0.25) is 4.79 Å². The second kappa shape index (κ2) is 7.29. The minimum Gasteiger partial charge on any atom is -0.478 e. The monoisotopic (exact) mass is 342 g/mol. The van der Waals surface area contributed by atoms with E-state index in [0.29, 0.717) is 17.9 Å². The number of benzene rings is 1. The first-order valence-electron chi connectivity index (χ1n) is 7.59. The van der Waals surface area contributed by atoms with Gasteiger partial charge in [0.15, 0.2) is 6.10 Å². The van der Waals surface area contributed by atoms with Crippen LogP contribution in [-0.4, -0.2) is 50.0 Å². The highest BCUT2D eigenvalue weighted by molar-refractivity contribution is 7.89. The number of carbonyl (C=O) groups excluding carboxylic acids is 1. The van der Waals surface area contributed by atoms with Crippen LogP contribution in [0, 0.1) is 0 Å². The Labute approximate surface area is 136 Å². The summed E-state index contributed by atoms with van der Waals surface area (Å²) >= 11 is 0. The Morgan fingerprint density at radius 2 is 2.13 bits per heavy atom. The third kappa shape index (κ3) is 3.82. The van der Waals surface area contributed by atoms with Crippen molar-refractivity contribution in [2.45, 2.75) is 37.2 Å². The molecule has 7 nitrogen and oxygen atoms in total. The summed E-state index contributed by atoms with van der Waals surface area (Å²) in [4.78, 5) is 12.1. The summed E-state index contributed by atoms with van der Waals surface area (Å²) in [5.74, 6) is 0.207. The number of sulfonamides is 1. The van der Waals surface area contributed by atoms with E-state index >= 15 is 0 Å². The summed E-state index contributed by atoms with van der Waals surface area (Å²) in [6.07, 6.45) is 1.93. The fourth-order valence-corrected chi connectivity index (χ4v) is 3.50. The van der Waals surface area contributed by atoms with E-state index in [0.717, 1.165) is 17.1 Å². The average molecular weight is 342 g/mol. The summed E-state index contributed by atoms with van der Waals surface area (Å²) in [5.41, 5.74) is 0.348. The van der Waals surface area contributed by atoms with Crippen LogP contribution < -0.4 is 10.1 Å². The van der Waals surface area contributed by atoms with Gasteiger partial charge in [0.25, 0.3) is 5.91 Å². The summed E-state index contributed by atoms with van der Waals surface area (Å²) in [6, 6.07) is 4.37. The molecule has 1 atom stereocenters. The van der Waals surface area contributed by atoms with Crippen LogP contribution in [0.1, 0.15) is 26.2 Å². The van der Waals surface area contributed by atoms with Gasteiger partial charge in [-0.2, -0.15) is 4.31 Å². The third-order valence-corrected chi connectivity index (χ3v) is 5.57. The Kier molecular flexibility index (Phi) is 5.61. The normalized spacial score (nSPS) is 17.6. The van der Waals surface area contributed by atoms with Crippen molar-refractivity contribution in [2.24, 2.45) is 0 Å². The van der Waals surface area contributed by atoms with Crippen molar-refractivity contribution >= 4 is 21.6 Å². The standard InChI is InChI=1S/C15H22N2O5S/c1-3-4-5-14-15(19)16-12-10-11(6-7-13(12)22-14)23(20,21)17(2)8-9-18/h6-7,10,14,18H,3-5,8-9H2,1-2H3,(H,16,19)/t14-/m0/s1. The van der Waals surface area contributed by atoms with E-state index in [9.17, 15) is 13.2 Å². The molecule has 1 heterocycles. The number of hydrogen-bond acceptors (Lipinski definition) is 5. The molecule has 0 saturated carbocycles. The number of rotatable bonds is 7. The second-order valence-corrected chi connectivity index (χ2v) is 7.49. The van der Waals surface area contributed by atoms with Crippen LogP contribution in [0.5, 0.6) is 5.75 Å². The maximum Gasteiger partial charge on any atom is 0.265 e. The quantitative estimate of drug-likeness (QED) is 0.776. The van der Waals surface area contributed by atoms with E-state index in [1.165, 1.54) is 19.2 Å². The van der Waals surface area contributed by atoms with Crippen molar-refractivity contribution in [1.29, 1.82) is 0 Å². The maximum atomic E-state index is 12.4. The van der Waals surface area contributed by atoms with Crippen LogP contribution in [0.15, 0.2) is 23.1 Å². The van der Waals surface area contributed by atoms with Crippen molar-refractivity contribution < 1.29 is 23.1 Å². The Morgan fingerprint density at radius 3 is 2.78 bits per heavy atom. The summed E-state index contributed by atoms with van der Waals surface area (Å²) in [7, 11) is -2.32. The summed E-state index contributed by atoms with van der Waals surface area (Å²) in [6.45, 7) is 1.77. The molecular formula is C15H22N2O5S. The van der Waals surface area contributed by atoms with E-state index < -0.39 is 16.1 Å². The van der Waals surface area contributed by atoms with E-state index in [2.05, 4.69) is 5.32 Å². The molecule has 0 saturated heterocycles. The largest absolute Gasteiger partial charge is 0.478 e. The van der Waals surface area contributed by atoms with Gasteiger partial charge in [0.2, 0.25) is 10.0 Å². The lowest BCUT2D eigenvalue weighted by Gasteiger charge is -2.26. The van der Waals surface area contributed by atoms with Crippen LogP contribution >= 0.6 is 0 Å². The van der Waals surface area contributed by atoms with Gasteiger partial charge >= 0.3 is 0 Å². The molecule has 8 heteroatoms. The number of nitrogens with zero attached hydrogens (tertiary/aromatic N) is 1. The van der Waals surface area contributed by atoms with Crippen molar-refractivity contribution in [2.75, 3.05) is 25.5 Å². The first-order chi connectivity index (χ1) is 10.9. The number of aliphatic hydroxyl groups is 1. The molecule has 2 rings (SSSR count). The molecule has 0 radical (unpaired) electrons. The Bertz CT molecular complexity index is 674. The molecule has 2 N–H and O–H groups in total. The highest BCUT2D eigenvalue weighted by Crippen LogP contribution is 2.33. The van der Waals surface area contributed by atoms with Crippen LogP contribution in [0.25, 0.3) is 0 Å². The van der Waals surface area contributed by atoms with Crippen LogP contribution in [0.4, 0.5) is 5.69 Å². The zero-order valence-electron chi connectivity index (χ0n) is 13.3. The predicted molar refractivity (Wildman–Crippen MR) is 85.9 cm³/mol. The number of ether oxygens (including phenoxy) is 1. The van der Waals surface area contributed by atoms with E-state index in [-0.39, 0.29) is 24.0 Å². The lowest BCUT2D eigenvalue weighted by molar-refractivity contribution is -0.123. The number of fused-ring (bicyclic) bond motifs is 1. The van der Waals surface area contributed by atoms with Gasteiger partial charge < -0.3 is 15.2 Å². The molecule has 1 aliphatic heterocycles. The number of carbonyl (C=O) groups is 1. The lowest BCUT2D eigenvalue weighted by Crippen LogP contribution is -2.37. The van der Waals surface area contributed by atoms with E-state index in [1.807, 2.05) is 6.92 Å². The zero-order chi connectivity index (χ0) is 17.0. The van der Waals surface area contributed by atoms with E-state index in [1.54, 1.807) is 6.07 Å². The average Bonchev–Trinajstić information content (AvgIpc) is 2.52. The first kappa shape index (κ1) is 17.7.